The number of hydrogen-bond donors (Lipinski definition) is 1. The van der Waals surface area contributed by atoms with E-state index in [1.807, 2.05) is 6.07 Å². The van der Waals surface area contributed by atoms with Crippen LogP contribution in [0.1, 0.15) is 18.9 Å². The van der Waals surface area contributed by atoms with Gasteiger partial charge in [0.05, 0.1) is 20.1 Å². The van der Waals surface area contributed by atoms with Crippen LogP contribution in [0.4, 0.5) is 0 Å². The normalized spacial score (nSPS) is 13.6. The quantitative estimate of drug-likeness (QED) is 0.434. The topological polar surface area (TPSA) is 29.1 Å². The van der Waals surface area contributed by atoms with Crippen molar-refractivity contribution in [3.63, 3.8) is 0 Å². The zero-order valence-electron chi connectivity index (χ0n) is 12.1. The molecule has 3 nitrogen and oxygen atoms in total. The lowest BCUT2D eigenvalue weighted by Gasteiger charge is -2.33. The summed E-state index contributed by atoms with van der Waals surface area (Å²) >= 11 is 0. The van der Waals surface area contributed by atoms with Gasteiger partial charge in [0.25, 0.3) is 0 Å². The van der Waals surface area contributed by atoms with Gasteiger partial charge in [0.1, 0.15) is 6.54 Å². The molecular weight excluding hydrogens is 236 g/mol. The van der Waals surface area contributed by atoms with Gasteiger partial charge in [-0.15, -0.1) is 0 Å². The van der Waals surface area contributed by atoms with E-state index in [0.29, 0.717) is 6.54 Å². The maximum atomic E-state index is 11.1. The molecule has 0 saturated carbocycles. The second kappa shape index (κ2) is 7.74. The smallest absolute Gasteiger partial charge is 0.243 e. The van der Waals surface area contributed by atoms with Crippen molar-refractivity contribution in [2.45, 2.75) is 19.9 Å². The molecule has 1 unspecified atom stereocenters. The van der Waals surface area contributed by atoms with Gasteiger partial charge >= 0.3 is 0 Å². The Morgan fingerprint density at radius 1 is 1.37 bits per heavy atom. The predicted octanol–water partition coefficient (Wildman–Crippen LogP) is 2.35. The molecule has 0 aliphatic carbocycles. The summed E-state index contributed by atoms with van der Waals surface area (Å²) in [6.07, 6.45) is 2.30. The largest absolute Gasteiger partial charge is 0.352 e. The number of nitrogens with one attached hydrogen (secondary N) is 1. The molecule has 0 heterocycles. The van der Waals surface area contributed by atoms with Crippen LogP contribution in [0.2, 0.25) is 0 Å². The molecule has 1 atom stereocenters. The molecule has 0 saturated heterocycles. The van der Waals surface area contributed by atoms with Gasteiger partial charge in [-0.1, -0.05) is 36.9 Å². The lowest BCUT2D eigenvalue weighted by atomic mass is 10.2. The molecule has 0 bridgehead atoms. The zero-order chi connectivity index (χ0) is 14.1. The second-order valence-corrected chi connectivity index (χ2v) is 5.15. The van der Waals surface area contributed by atoms with E-state index >= 15 is 0 Å². The van der Waals surface area contributed by atoms with E-state index in [-0.39, 0.29) is 5.91 Å². The van der Waals surface area contributed by atoms with Crippen molar-refractivity contribution < 1.29 is 9.28 Å². The Bertz CT molecular complexity index is 402. The first-order valence-corrected chi connectivity index (χ1v) is 6.87. The lowest BCUT2D eigenvalue weighted by molar-refractivity contribution is -0.921. The summed E-state index contributed by atoms with van der Waals surface area (Å²) in [5, 5.41) is 2.83. The van der Waals surface area contributed by atoms with Crippen LogP contribution in [0.5, 0.6) is 0 Å². The van der Waals surface area contributed by atoms with Gasteiger partial charge in [-0.25, -0.2) is 0 Å². The van der Waals surface area contributed by atoms with Crippen molar-refractivity contribution >= 4 is 5.91 Å². The van der Waals surface area contributed by atoms with Crippen LogP contribution in [0.15, 0.2) is 43.0 Å². The van der Waals surface area contributed by atoms with E-state index in [1.54, 1.807) is 0 Å². The zero-order valence-corrected chi connectivity index (χ0v) is 12.1. The lowest BCUT2D eigenvalue weighted by Crippen LogP contribution is -2.44. The van der Waals surface area contributed by atoms with Crippen molar-refractivity contribution in [2.75, 3.05) is 26.7 Å². The molecule has 1 aromatic rings. The van der Waals surface area contributed by atoms with Crippen LogP contribution in [0.3, 0.4) is 0 Å². The van der Waals surface area contributed by atoms with Crippen LogP contribution >= 0.6 is 0 Å². The first kappa shape index (κ1) is 15.4. The van der Waals surface area contributed by atoms with E-state index < -0.39 is 0 Å². The molecule has 19 heavy (non-hydrogen) atoms. The fourth-order valence-electron chi connectivity index (χ4n) is 2.12. The highest BCUT2D eigenvalue weighted by Crippen LogP contribution is 2.12. The van der Waals surface area contributed by atoms with Crippen LogP contribution in [-0.4, -0.2) is 37.1 Å². The van der Waals surface area contributed by atoms with Crippen molar-refractivity contribution in [1.29, 1.82) is 0 Å². The molecule has 0 aromatic heterocycles. The van der Waals surface area contributed by atoms with Gasteiger partial charge in [0.2, 0.25) is 5.91 Å². The highest BCUT2D eigenvalue weighted by Gasteiger charge is 2.19. The van der Waals surface area contributed by atoms with E-state index in [2.05, 4.69) is 50.1 Å². The Morgan fingerprint density at radius 3 is 2.63 bits per heavy atom. The first-order valence-electron chi connectivity index (χ1n) is 6.87. The van der Waals surface area contributed by atoms with Gasteiger partial charge in [0, 0.05) is 18.5 Å². The number of carbonyl (C=O) groups is 1. The number of amides is 1. The fraction of sp³-hybridized carbons (Fsp3) is 0.438. The molecule has 0 radical (unpaired) electrons. The maximum absolute atomic E-state index is 11.1. The summed E-state index contributed by atoms with van der Waals surface area (Å²) in [6.45, 7) is 9.55. The van der Waals surface area contributed by atoms with Gasteiger partial charge in [-0.05, 0) is 13.0 Å². The van der Waals surface area contributed by atoms with E-state index in [0.717, 1.165) is 30.5 Å². The number of nitrogens with zero attached hydrogens (tertiary/aromatic N) is 1. The standard InChI is InChI=1S/C16H24N2O/c1-4-16(19)17-12-9-13-18(3,5-2)14-15-10-7-6-8-11-15/h4,6-8,10-11H,1,5,9,12-14H2,2-3H3/p+1. The first-order chi connectivity index (χ1) is 9.09. The van der Waals surface area contributed by atoms with Crippen LogP contribution < -0.4 is 5.32 Å². The number of hydrogen-bond acceptors (Lipinski definition) is 1. The Balaban J connectivity index is 2.42. The summed E-state index contributed by atoms with van der Waals surface area (Å²) in [6, 6.07) is 10.6. The summed E-state index contributed by atoms with van der Waals surface area (Å²) in [5.41, 5.74) is 1.36. The van der Waals surface area contributed by atoms with Gasteiger partial charge in [0.15, 0.2) is 0 Å². The monoisotopic (exact) mass is 261 g/mol. The van der Waals surface area contributed by atoms with Crippen molar-refractivity contribution in [3.8, 4) is 0 Å². The van der Waals surface area contributed by atoms with Gasteiger partial charge in [-0.3, -0.25) is 4.79 Å². The highest BCUT2D eigenvalue weighted by atomic mass is 16.1. The summed E-state index contributed by atoms with van der Waals surface area (Å²) in [5.74, 6) is -0.0891. The fourth-order valence-corrected chi connectivity index (χ4v) is 2.12. The molecule has 0 spiro atoms. The SMILES string of the molecule is C=CC(=O)NCCC[N+](C)(CC)Cc1ccccc1. The third kappa shape index (κ3) is 5.71. The van der Waals surface area contributed by atoms with Crippen LogP contribution in [0, 0.1) is 0 Å². The average Bonchev–Trinajstić information content (AvgIpc) is 2.44. The maximum Gasteiger partial charge on any atom is 0.243 e. The summed E-state index contributed by atoms with van der Waals surface area (Å²) in [4.78, 5) is 11.1. The molecule has 3 heteroatoms. The van der Waals surface area contributed by atoms with Gasteiger partial charge in [-0.2, -0.15) is 0 Å². The molecule has 1 aromatic carbocycles. The number of carbonyl (C=O) groups excluding carboxylic acids is 1. The Hall–Kier alpha value is -1.61. The second-order valence-electron chi connectivity index (χ2n) is 5.15. The predicted molar refractivity (Wildman–Crippen MR) is 79.6 cm³/mol. The Labute approximate surface area is 116 Å². The minimum Gasteiger partial charge on any atom is -0.352 e. The van der Waals surface area contributed by atoms with Crippen LogP contribution in [-0.2, 0) is 11.3 Å². The molecular formula is C16H25N2O+. The molecule has 0 aliphatic rings. The summed E-state index contributed by atoms with van der Waals surface area (Å²) in [7, 11) is 2.27. The molecule has 0 fully saturated rings. The minimum atomic E-state index is -0.0891. The van der Waals surface area contributed by atoms with Crippen molar-refractivity contribution in [3.05, 3.63) is 48.6 Å². The van der Waals surface area contributed by atoms with Gasteiger partial charge < -0.3 is 9.80 Å². The Morgan fingerprint density at radius 2 is 2.05 bits per heavy atom. The number of benzene rings is 1. The highest BCUT2D eigenvalue weighted by molar-refractivity contribution is 5.86. The van der Waals surface area contributed by atoms with Crippen LogP contribution in [0.25, 0.3) is 0 Å². The van der Waals surface area contributed by atoms with Crippen molar-refractivity contribution in [1.82, 2.24) is 5.32 Å². The third-order valence-electron chi connectivity index (χ3n) is 3.53. The molecule has 1 rings (SSSR count). The average molecular weight is 261 g/mol. The van der Waals surface area contributed by atoms with E-state index in [4.69, 9.17) is 0 Å². The van der Waals surface area contributed by atoms with E-state index in [9.17, 15) is 4.79 Å². The molecule has 104 valence electrons. The minimum absolute atomic E-state index is 0.0891. The molecule has 1 N–H and O–H groups in total. The summed E-state index contributed by atoms with van der Waals surface area (Å²) < 4.78 is 0.994. The number of rotatable bonds is 8. The molecule has 0 aliphatic heterocycles. The van der Waals surface area contributed by atoms with Crippen molar-refractivity contribution in [2.24, 2.45) is 0 Å². The number of quaternary nitrogens is 1. The van der Waals surface area contributed by atoms with E-state index in [1.165, 1.54) is 11.6 Å². The Kier molecular flexibility index (Phi) is 6.30. The molecule has 1 amide bonds. The third-order valence-corrected chi connectivity index (χ3v) is 3.53.